The zero-order valence-corrected chi connectivity index (χ0v) is 14.2. The number of nitrogens with one attached hydrogen (secondary N) is 1. The molecule has 6 heteroatoms. The third-order valence-corrected chi connectivity index (χ3v) is 4.68. The van der Waals surface area contributed by atoms with Crippen LogP contribution in [0.3, 0.4) is 0 Å². The van der Waals surface area contributed by atoms with E-state index in [4.69, 9.17) is 0 Å². The second-order valence-electron chi connectivity index (χ2n) is 4.92. The predicted molar refractivity (Wildman–Crippen MR) is 85.0 cm³/mol. The number of thiophene rings is 1. The summed E-state index contributed by atoms with van der Waals surface area (Å²) in [4.78, 5) is 2.28. The number of halogens is 4. The maximum Gasteiger partial charge on any atom is 0.418 e. The molecule has 1 unspecified atom stereocenters. The summed E-state index contributed by atoms with van der Waals surface area (Å²) in [7, 11) is 0. The zero-order chi connectivity index (χ0) is 15.8. The van der Waals surface area contributed by atoms with Crippen LogP contribution in [0, 0.1) is 13.8 Å². The molecule has 1 N–H and O–H groups in total. The summed E-state index contributed by atoms with van der Waals surface area (Å²) in [6.45, 7) is 5.85. The van der Waals surface area contributed by atoms with Gasteiger partial charge in [-0.05, 0) is 50.6 Å². The van der Waals surface area contributed by atoms with Crippen molar-refractivity contribution in [3.8, 4) is 0 Å². The number of aryl methyl sites for hydroxylation is 2. The van der Waals surface area contributed by atoms with Gasteiger partial charge in [0.05, 0.1) is 5.56 Å². The smallest absolute Gasteiger partial charge is 0.378 e. The van der Waals surface area contributed by atoms with Crippen molar-refractivity contribution in [1.82, 2.24) is 0 Å². The molecule has 2 rings (SSSR count). The van der Waals surface area contributed by atoms with Gasteiger partial charge in [-0.3, -0.25) is 0 Å². The molecule has 0 aliphatic heterocycles. The van der Waals surface area contributed by atoms with Gasteiger partial charge in [0, 0.05) is 26.0 Å². The Balaban J connectivity index is 2.33. The molecule has 0 saturated heterocycles. The Morgan fingerprint density at radius 2 is 1.86 bits per heavy atom. The molecular weight excluding hydrogens is 363 g/mol. The SMILES string of the molecule is Cc1cc(C(C)Nc2ccc(Br)cc2C(F)(F)F)c(C)s1. The van der Waals surface area contributed by atoms with Crippen molar-refractivity contribution < 1.29 is 13.2 Å². The molecule has 0 radical (unpaired) electrons. The lowest BCUT2D eigenvalue weighted by atomic mass is 10.1. The predicted octanol–water partition coefficient (Wildman–Crippen LogP) is 6.32. The van der Waals surface area contributed by atoms with E-state index in [9.17, 15) is 13.2 Å². The molecule has 0 fully saturated rings. The van der Waals surface area contributed by atoms with Gasteiger partial charge in [-0.2, -0.15) is 13.2 Å². The minimum absolute atomic E-state index is 0.0986. The normalized spacial score (nSPS) is 13.3. The molecule has 1 aromatic carbocycles. The van der Waals surface area contributed by atoms with Crippen molar-refractivity contribution in [1.29, 1.82) is 0 Å². The lowest BCUT2D eigenvalue weighted by Gasteiger charge is -2.20. The molecule has 1 heterocycles. The third kappa shape index (κ3) is 3.80. The second-order valence-corrected chi connectivity index (χ2v) is 7.30. The van der Waals surface area contributed by atoms with Crippen LogP contribution in [-0.2, 0) is 6.18 Å². The van der Waals surface area contributed by atoms with Crippen LogP contribution in [0.15, 0.2) is 28.7 Å². The average molecular weight is 378 g/mol. The van der Waals surface area contributed by atoms with Crippen molar-refractivity contribution in [2.24, 2.45) is 0 Å². The Kier molecular flexibility index (Phi) is 4.68. The first-order valence-electron chi connectivity index (χ1n) is 6.38. The van der Waals surface area contributed by atoms with Crippen molar-refractivity contribution >= 4 is 33.0 Å². The standard InChI is InChI=1S/C15H15BrF3NS/c1-8-6-12(10(3)21-8)9(2)20-14-5-4-11(16)7-13(14)15(17,18)19/h4-7,9,20H,1-3H3. The lowest BCUT2D eigenvalue weighted by Crippen LogP contribution is -2.13. The van der Waals surface area contributed by atoms with E-state index in [1.54, 1.807) is 17.4 Å². The second kappa shape index (κ2) is 6.01. The van der Waals surface area contributed by atoms with E-state index in [2.05, 4.69) is 21.2 Å². The van der Waals surface area contributed by atoms with E-state index in [0.29, 0.717) is 4.47 Å². The summed E-state index contributed by atoms with van der Waals surface area (Å²) in [5.74, 6) is 0. The average Bonchev–Trinajstić information content (AvgIpc) is 2.69. The van der Waals surface area contributed by atoms with Crippen LogP contribution < -0.4 is 5.32 Å². The minimum Gasteiger partial charge on any atom is -0.378 e. The van der Waals surface area contributed by atoms with Crippen LogP contribution in [-0.4, -0.2) is 0 Å². The van der Waals surface area contributed by atoms with Gasteiger partial charge in [0.15, 0.2) is 0 Å². The fourth-order valence-electron chi connectivity index (χ4n) is 2.27. The fraction of sp³-hybridized carbons (Fsp3) is 0.333. The van der Waals surface area contributed by atoms with Crippen LogP contribution in [0.4, 0.5) is 18.9 Å². The van der Waals surface area contributed by atoms with Gasteiger partial charge in [0.1, 0.15) is 0 Å². The first-order chi connectivity index (χ1) is 9.68. The monoisotopic (exact) mass is 377 g/mol. The molecule has 1 nitrogen and oxygen atoms in total. The molecule has 21 heavy (non-hydrogen) atoms. The van der Waals surface area contributed by atoms with Crippen molar-refractivity contribution in [3.63, 3.8) is 0 Å². The molecule has 114 valence electrons. The van der Waals surface area contributed by atoms with Gasteiger partial charge in [-0.25, -0.2) is 0 Å². The molecule has 2 aromatic rings. The number of alkyl halides is 3. The summed E-state index contributed by atoms with van der Waals surface area (Å²) >= 11 is 4.74. The quantitative estimate of drug-likeness (QED) is 0.659. The van der Waals surface area contributed by atoms with Crippen LogP contribution in [0.25, 0.3) is 0 Å². The first kappa shape index (κ1) is 16.4. The molecule has 0 amide bonds. The van der Waals surface area contributed by atoms with E-state index >= 15 is 0 Å². The number of benzene rings is 1. The van der Waals surface area contributed by atoms with Crippen molar-refractivity contribution in [2.75, 3.05) is 5.32 Å². The van der Waals surface area contributed by atoms with E-state index in [1.165, 1.54) is 6.07 Å². The Bertz CT molecular complexity index is 649. The lowest BCUT2D eigenvalue weighted by molar-refractivity contribution is -0.137. The summed E-state index contributed by atoms with van der Waals surface area (Å²) in [6.07, 6.45) is -4.38. The van der Waals surface area contributed by atoms with Gasteiger partial charge in [0.2, 0.25) is 0 Å². The van der Waals surface area contributed by atoms with E-state index in [1.807, 2.05) is 26.8 Å². The van der Waals surface area contributed by atoms with Crippen LogP contribution in [0.5, 0.6) is 0 Å². The molecule has 1 atom stereocenters. The van der Waals surface area contributed by atoms with Gasteiger partial charge < -0.3 is 5.32 Å². The Morgan fingerprint density at radius 3 is 2.38 bits per heavy atom. The van der Waals surface area contributed by atoms with Crippen LogP contribution in [0.1, 0.15) is 33.8 Å². The first-order valence-corrected chi connectivity index (χ1v) is 7.99. The summed E-state index contributed by atoms with van der Waals surface area (Å²) in [6, 6.07) is 6.00. The van der Waals surface area contributed by atoms with Gasteiger partial charge >= 0.3 is 6.18 Å². The van der Waals surface area contributed by atoms with Gasteiger partial charge in [-0.1, -0.05) is 15.9 Å². The number of anilines is 1. The largest absolute Gasteiger partial charge is 0.418 e. The summed E-state index contributed by atoms with van der Waals surface area (Å²) in [5, 5.41) is 2.98. The number of hydrogen-bond acceptors (Lipinski definition) is 2. The summed E-state index contributed by atoms with van der Waals surface area (Å²) in [5.41, 5.74) is 0.475. The molecule has 0 bridgehead atoms. The molecule has 0 spiro atoms. The topological polar surface area (TPSA) is 12.0 Å². The summed E-state index contributed by atoms with van der Waals surface area (Å²) < 4.78 is 39.7. The van der Waals surface area contributed by atoms with Gasteiger partial charge in [0.25, 0.3) is 0 Å². The molecule has 0 saturated carbocycles. The highest BCUT2D eigenvalue weighted by Gasteiger charge is 2.34. The van der Waals surface area contributed by atoms with E-state index in [0.717, 1.165) is 21.4 Å². The molecule has 0 aliphatic carbocycles. The zero-order valence-electron chi connectivity index (χ0n) is 11.8. The molecular formula is C15H15BrF3NS. The third-order valence-electron chi connectivity index (χ3n) is 3.20. The number of rotatable bonds is 3. The maximum atomic E-state index is 13.1. The maximum absolute atomic E-state index is 13.1. The number of hydrogen-bond donors (Lipinski definition) is 1. The fourth-order valence-corrected chi connectivity index (χ4v) is 3.65. The Morgan fingerprint density at radius 1 is 1.19 bits per heavy atom. The van der Waals surface area contributed by atoms with Crippen LogP contribution in [0.2, 0.25) is 0 Å². The molecule has 1 aromatic heterocycles. The Hall–Kier alpha value is -1.01. The minimum atomic E-state index is -4.38. The van der Waals surface area contributed by atoms with E-state index < -0.39 is 11.7 Å². The Labute approximate surface area is 134 Å². The van der Waals surface area contributed by atoms with Crippen LogP contribution >= 0.6 is 27.3 Å². The van der Waals surface area contributed by atoms with E-state index in [-0.39, 0.29) is 11.7 Å². The highest BCUT2D eigenvalue weighted by atomic mass is 79.9. The molecule has 0 aliphatic rings. The highest BCUT2D eigenvalue weighted by molar-refractivity contribution is 9.10. The van der Waals surface area contributed by atoms with Gasteiger partial charge in [-0.15, -0.1) is 11.3 Å². The van der Waals surface area contributed by atoms with Crippen molar-refractivity contribution in [3.05, 3.63) is 49.6 Å². The van der Waals surface area contributed by atoms with Crippen molar-refractivity contribution in [2.45, 2.75) is 33.0 Å². The highest BCUT2D eigenvalue weighted by Crippen LogP contribution is 2.38.